The number of phenolic OH excluding ortho intramolecular Hbond substituents is 1. The number of aliphatic hydroxyl groups is 1. The molecule has 3 N–H and O–H groups in total. The van der Waals surface area contributed by atoms with Crippen LogP contribution in [0.4, 0.5) is 5.69 Å². The third-order valence-electron chi connectivity index (χ3n) is 4.09. The predicted molar refractivity (Wildman–Crippen MR) is 96.5 cm³/mol. The van der Waals surface area contributed by atoms with E-state index in [0.717, 1.165) is 0 Å². The van der Waals surface area contributed by atoms with Gasteiger partial charge in [0.15, 0.2) is 5.76 Å². The van der Waals surface area contributed by atoms with Gasteiger partial charge in [0.05, 0.1) is 32.1 Å². The number of benzene rings is 1. The topological polar surface area (TPSA) is 97.3 Å². The Morgan fingerprint density at radius 1 is 1.31 bits per heavy atom. The molecule has 0 aromatic heterocycles. The van der Waals surface area contributed by atoms with Crippen molar-refractivity contribution < 1.29 is 29.2 Å². The first-order valence-electron chi connectivity index (χ1n) is 8.79. The number of anilines is 1. The standard InChI is InChI=1S/C19H27NO6/c1-13(2)14-11-17(19(23)20-15-5-3-4-6-16(15)22)26-18(12-14)25-10-9-24-8-7-21/h3-6,11,13-14,18,21-22H,7-10,12H2,1-2H3,(H,20,23)/t14-,18+/m0/s1. The third kappa shape index (κ3) is 6.01. The maximum atomic E-state index is 12.5. The molecule has 0 saturated carbocycles. The van der Waals surface area contributed by atoms with Gasteiger partial charge in [-0.1, -0.05) is 26.0 Å². The minimum atomic E-state index is -0.546. The molecule has 1 aromatic carbocycles. The second-order valence-corrected chi connectivity index (χ2v) is 6.40. The first-order chi connectivity index (χ1) is 12.5. The van der Waals surface area contributed by atoms with Gasteiger partial charge in [0.2, 0.25) is 6.29 Å². The molecular formula is C19H27NO6. The zero-order valence-corrected chi connectivity index (χ0v) is 15.2. The predicted octanol–water partition coefficient (Wildman–Crippen LogP) is 2.26. The average Bonchev–Trinajstić information content (AvgIpc) is 2.63. The Balaban J connectivity index is 1.98. The van der Waals surface area contributed by atoms with Gasteiger partial charge in [-0.25, -0.2) is 0 Å². The number of hydrogen-bond acceptors (Lipinski definition) is 6. The van der Waals surface area contributed by atoms with Crippen LogP contribution in [0, 0.1) is 11.8 Å². The number of carbonyl (C=O) groups is 1. The van der Waals surface area contributed by atoms with Gasteiger partial charge in [-0.2, -0.15) is 0 Å². The van der Waals surface area contributed by atoms with Crippen molar-refractivity contribution in [1.82, 2.24) is 0 Å². The van der Waals surface area contributed by atoms with Crippen molar-refractivity contribution in [2.24, 2.45) is 11.8 Å². The molecule has 2 rings (SSSR count). The zero-order valence-electron chi connectivity index (χ0n) is 15.2. The molecule has 144 valence electrons. The number of allylic oxidation sites excluding steroid dienone is 1. The first kappa shape index (κ1) is 20.2. The van der Waals surface area contributed by atoms with Crippen LogP contribution >= 0.6 is 0 Å². The SMILES string of the molecule is CC(C)[C@H]1C=C(C(=O)Nc2ccccc2O)O[C@@H](OCCOCCO)C1. The summed E-state index contributed by atoms with van der Waals surface area (Å²) in [6.07, 6.45) is 1.91. The normalized spacial score (nSPS) is 19.8. The number of hydrogen-bond donors (Lipinski definition) is 3. The highest BCUT2D eigenvalue weighted by Crippen LogP contribution is 2.30. The highest BCUT2D eigenvalue weighted by molar-refractivity contribution is 6.03. The van der Waals surface area contributed by atoms with E-state index >= 15 is 0 Å². The smallest absolute Gasteiger partial charge is 0.290 e. The molecule has 1 aromatic rings. The van der Waals surface area contributed by atoms with Gasteiger partial charge in [0.1, 0.15) is 5.75 Å². The summed E-state index contributed by atoms with van der Waals surface area (Å²) in [7, 11) is 0. The van der Waals surface area contributed by atoms with Crippen LogP contribution in [0.2, 0.25) is 0 Å². The monoisotopic (exact) mass is 365 g/mol. The highest BCUT2D eigenvalue weighted by atomic mass is 16.7. The number of rotatable bonds is 9. The number of ether oxygens (including phenoxy) is 3. The Bertz CT molecular complexity index is 616. The van der Waals surface area contributed by atoms with E-state index in [-0.39, 0.29) is 30.6 Å². The van der Waals surface area contributed by atoms with E-state index in [1.807, 2.05) is 6.08 Å². The van der Waals surface area contributed by atoms with E-state index in [0.29, 0.717) is 31.2 Å². The Morgan fingerprint density at radius 2 is 2.08 bits per heavy atom. The molecule has 7 heteroatoms. The Kier molecular flexibility index (Phi) is 7.90. The molecule has 0 bridgehead atoms. The van der Waals surface area contributed by atoms with Crippen LogP contribution in [-0.2, 0) is 19.0 Å². The second kappa shape index (κ2) is 10.2. The molecule has 0 spiro atoms. The third-order valence-corrected chi connectivity index (χ3v) is 4.09. The summed E-state index contributed by atoms with van der Waals surface area (Å²) in [6, 6.07) is 6.52. The molecule has 1 amide bonds. The number of amides is 1. The molecular weight excluding hydrogens is 338 g/mol. The number of carbonyl (C=O) groups excluding carboxylic acids is 1. The number of aromatic hydroxyl groups is 1. The summed E-state index contributed by atoms with van der Waals surface area (Å²) in [4.78, 5) is 12.5. The Labute approximate surface area is 153 Å². The van der Waals surface area contributed by atoms with Crippen molar-refractivity contribution in [2.45, 2.75) is 26.6 Å². The first-order valence-corrected chi connectivity index (χ1v) is 8.79. The van der Waals surface area contributed by atoms with Crippen molar-refractivity contribution in [2.75, 3.05) is 31.7 Å². The maximum Gasteiger partial charge on any atom is 0.290 e. The molecule has 0 radical (unpaired) electrons. The molecule has 0 unspecified atom stereocenters. The molecule has 7 nitrogen and oxygen atoms in total. The largest absolute Gasteiger partial charge is 0.506 e. The highest BCUT2D eigenvalue weighted by Gasteiger charge is 2.29. The number of aliphatic hydroxyl groups excluding tert-OH is 1. The molecule has 0 saturated heterocycles. The number of para-hydroxylation sites is 2. The van der Waals surface area contributed by atoms with E-state index in [1.165, 1.54) is 6.07 Å². The van der Waals surface area contributed by atoms with E-state index in [2.05, 4.69) is 19.2 Å². The van der Waals surface area contributed by atoms with Gasteiger partial charge in [-0.15, -0.1) is 0 Å². The molecule has 1 heterocycles. The fraction of sp³-hybridized carbons (Fsp3) is 0.526. The molecule has 1 aliphatic heterocycles. The summed E-state index contributed by atoms with van der Waals surface area (Å²) in [5.74, 6) is 0.203. The minimum Gasteiger partial charge on any atom is -0.506 e. The van der Waals surface area contributed by atoms with Crippen molar-refractivity contribution in [1.29, 1.82) is 0 Å². The van der Waals surface area contributed by atoms with Gasteiger partial charge in [-0.05, 0) is 30.0 Å². The van der Waals surface area contributed by atoms with Gasteiger partial charge in [-0.3, -0.25) is 4.79 Å². The molecule has 26 heavy (non-hydrogen) atoms. The second-order valence-electron chi connectivity index (χ2n) is 6.40. The van der Waals surface area contributed by atoms with Crippen LogP contribution < -0.4 is 5.32 Å². The van der Waals surface area contributed by atoms with Gasteiger partial charge >= 0.3 is 0 Å². The van der Waals surface area contributed by atoms with Crippen LogP contribution in [0.25, 0.3) is 0 Å². The summed E-state index contributed by atoms with van der Waals surface area (Å²) in [5, 5.41) is 21.1. The Morgan fingerprint density at radius 3 is 2.77 bits per heavy atom. The quantitative estimate of drug-likeness (QED) is 0.459. The Hall–Kier alpha value is -2.09. The zero-order chi connectivity index (χ0) is 18.9. The van der Waals surface area contributed by atoms with Gasteiger partial charge in [0.25, 0.3) is 5.91 Å². The van der Waals surface area contributed by atoms with Crippen molar-refractivity contribution in [3.05, 3.63) is 36.1 Å². The van der Waals surface area contributed by atoms with E-state index < -0.39 is 12.2 Å². The number of phenols is 1. The lowest BCUT2D eigenvalue weighted by atomic mass is 9.90. The molecule has 2 atom stereocenters. The molecule has 0 aliphatic carbocycles. The van der Waals surface area contributed by atoms with Crippen LogP contribution in [-0.4, -0.2) is 48.8 Å². The van der Waals surface area contributed by atoms with Crippen LogP contribution in [0.15, 0.2) is 36.1 Å². The van der Waals surface area contributed by atoms with Crippen LogP contribution in [0.1, 0.15) is 20.3 Å². The van der Waals surface area contributed by atoms with E-state index in [4.69, 9.17) is 19.3 Å². The maximum absolute atomic E-state index is 12.5. The van der Waals surface area contributed by atoms with Crippen molar-refractivity contribution in [3.63, 3.8) is 0 Å². The molecule has 1 aliphatic rings. The lowest BCUT2D eigenvalue weighted by Gasteiger charge is -2.30. The van der Waals surface area contributed by atoms with Crippen molar-refractivity contribution >= 4 is 11.6 Å². The van der Waals surface area contributed by atoms with Crippen molar-refractivity contribution in [3.8, 4) is 5.75 Å². The van der Waals surface area contributed by atoms with E-state index in [1.54, 1.807) is 18.2 Å². The summed E-state index contributed by atoms with van der Waals surface area (Å²) in [6.45, 7) is 5.03. The van der Waals surface area contributed by atoms with Gasteiger partial charge < -0.3 is 29.7 Å². The summed E-state index contributed by atoms with van der Waals surface area (Å²) < 4.78 is 16.5. The average molecular weight is 365 g/mol. The molecule has 0 fully saturated rings. The number of nitrogens with one attached hydrogen (secondary N) is 1. The summed E-state index contributed by atoms with van der Waals surface area (Å²) >= 11 is 0. The van der Waals surface area contributed by atoms with Gasteiger partial charge in [0, 0.05) is 6.42 Å². The lowest BCUT2D eigenvalue weighted by Crippen LogP contribution is -2.32. The van der Waals surface area contributed by atoms with Crippen LogP contribution in [0.5, 0.6) is 5.75 Å². The fourth-order valence-corrected chi connectivity index (χ4v) is 2.58. The summed E-state index contributed by atoms with van der Waals surface area (Å²) in [5.41, 5.74) is 0.323. The van der Waals surface area contributed by atoms with Crippen LogP contribution in [0.3, 0.4) is 0 Å². The fourth-order valence-electron chi connectivity index (χ4n) is 2.58. The minimum absolute atomic E-state index is 0.00787. The van der Waals surface area contributed by atoms with E-state index in [9.17, 15) is 9.90 Å². The lowest BCUT2D eigenvalue weighted by molar-refractivity contribution is -0.153.